The van der Waals surface area contributed by atoms with Gasteiger partial charge < -0.3 is 15.2 Å². The third-order valence-electron chi connectivity index (χ3n) is 3.31. The van der Waals surface area contributed by atoms with Crippen LogP contribution in [0.4, 0.5) is 0 Å². The zero-order valence-electron chi connectivity index (χ0n) is 12.9. The fraction of sp³-hybridized carbons (Fsp3) is 0.278. The van der Waals surface area contributed by atoms with Crippen LogP contribution in [0.5, 0.6) is 11.5 Å². The second-order valence-corrected chi connectivity index (χ2v) is 5.72. The molecule has 0 unspecified atom stereocenters. The van der Waals surface area contributed by atoms with Gasteiger partial charge in [0.1, 0.15) is 29.7 Å². The lowest BCUT2D eigenvalue weighted by Crippen LogP contribution is -2.14. The van der Waals surface area contributed by atoms with Crippen molar-refractivity contribution < 1.29 is 9.47 Å². The molecule has 2 rings (SSSR count). The first-order valence-corrected chi connectivity index (χ1v) is 7.73. The molecule has 0 aliphatic heterocycles. The minimum atomic E-state index is 0.334. The number of benzene rings is 2. The van der Waals surface area contributed by atoms with Crippen molar-refractivity contribution in [2.24, 2.45) is 5.73 Å². The summed E-state index contributed by atoms with van der Waals surface area (Å²) in [7, 11) is 0. The molecular formula is C18H21NO2S. The Balaban J connectivity index is 1.83. The molecule has 3 nitrogen and oxygen atoms in total. The number of hydrogen-bond donors (Lipinski definition) is 1. The molecule has 0 aliphatic carbocycles. The zero-order chi connectivity index (χ0) is 15.9. The predicted molar refractivity (Wildman–Crippen MR) is 93.9 cm³/mol. The number of hydrogen-bond acceptors (Lipinski definition) is 3. The van der Waals surface area contributed by atoms with Gasteiger partial charge in [-0.2, -0.15) is 0 Å². The molecule has 0 saturated carbocycles. The third-order valence-corrected chi connectivity index (χ3v) is 3.53. The van der Waals surface area contributed by atoms with Gasteiger partial charge in [0.05, 0.1) is 5.56 Å². The molecule has 4 heteroatoms. The summed E-state index contributed by atoms with van der Waals surface area (Å²) in [5.74, 6) is 2.05. The average molecular weight is 315 g/mol. The molecule has 0 aromatic heterocycles. The second kappa shape index (κ2) is 7.80. The topological polar surface area (TPSA) is 44.5 Å². The van der Waals surface area contributed by atoms with Crippen molar-refractivity contribution in [1.82, 2.24) is 0 Å². The summed E-state index contributed by atoms with van der Waals surface area (Å²) in [6.45, 7) is 5.24. The van der Waals surface area contributed by atoms with Crippen LogP contribution in [0, 0.1) is 0 Å². The van der Waals surface area contributed by atoms with Crippen LogP contribution in [0.1, 0.15) is 30.9 Å². The van der Waals surface area contributed by atoms with Gasteiger partial charge in [0, 0.05) is 0 Å². The van der Waals surface area contributed by atoms with E-state index < -0.39 is 0 Å². The summed E-state index contributed by atoms with van der Waals surface area (Å²) in [4.78, 5) is 0.334. The van der Waals surface area contributed by atoms with Gasteiger partial charge in [-0.25, -0.2) is 0 Å². The van der Waals surface area contributed by atoms with Crippen LogP contribution in [0.25, 0.3) is 0 Å². The summed E-state index contributed by atoms with van der Waals surface area (Å²) in [5.41, 5.74) is 7.72. The number of nitrogens with two attached hydrogens (primary N) is 1. The first-order valence-electron chi connectivity index (χ1n) is 7.32. The average Bonchev–Trinajstić information content (AvgIpc) is 2.52. The van der Waals surface area contributed by atoms with Crippen molar-refractivity contribution in [3.8, 4) is 11.5 Å². The minimum Gasteiger partial charge on any atom is -0.490 e. The van der Waals surface area contributed by atoms with E-state index in [1.165, 1.54) is 5.56 Å². The number of thiocarbonyl (C=S) groups is 1. The molecule has 2 N–H and O–H groups in total. The molecular weight excluding hydrogens is 294 g/mol. The molecule has 0 aliphatic rings. The van der Waals surface area contributed by atoms with E-state index >= 15 is 0 Å². The Bertz CT molecular complexity index is 623. The Morgan fingerprint density at radius 1 is 1.00 bits per heavy atom. The van der Waals surface area contributed by atoms with Gasteiger partial charge in [-0.05, 0) is 35.7 Å². The molecule has 0 radical (unpaired) electrons. The van der Waals surface area contributed by atoms with Crippen molar-refractivity contribution in [3.05, 3.63) is 59.7 Å². The Morgan fingerprint density at radius 3 is 2.27 bits per heavy atom. The Kier molecular flexibility index (Phi) is 5.78. The largest absolute Gasteiger partial charge is 0.490 e. The van der Waals surface area contributed by atoms with Crippen LogP contribution in [-0.4, -0.2) is 18.2 Å². The summed E-state index contributed by atoms with van der Waals surface area (Å²) >= 11 is 5.00. The van der Waals surface area contributed by atoms with E-state index in [2.05, 4.69) is 26.0 Å². The standard InChI is InChI=1S/C18H21NO2S/c1-13(2)14-7-9-15(10-8-14)20-11-12-21-17-6-4-3-5-16(17)18(19)22/h3-10,13H,11-12H2,1-2H3,(H2,19,22). The fourth-order valence-electron chi connectivity index (χ4n) is 2.06. The normalized spacial score (nSPS) is 10.5. The lowest BCUT2D eigenvalue weighted by Gasteiger charge is -2.12. The van der Waals surface area contributed by atoms with E-state index in [0.717, 1.165) is 11.3 Å². The highest BCUT2D eigenvalue weighted by atomic mass is 32.1. The van der Waals surface area contributed by atoms with E-state index in [1.807, 2.05) is 36.4 Å². The molecule has 116 valence electrons. The van der Waals surface area contributed by atoms with Gasteiger partial charge in [-0.3, -0.25) is 0 Å². The predicted octanol–water partition coefficient (Wildman–Crippen LogP) is 3.90. The van der Waals surface area contributed by atoms with Crippen molar-refractivity contribution in [3.63, 3.8) is 0 Å². The lowest BCUT2D eigenvalue weighted by molar-refractivity contribution is 0.217. The Morgan fingerprint density at radius 2 is 1.64 bits per heavy atom. The maximum atomic E-state index is 5.69. The SMILES string of the molecule is CC(C)c1ccc(OCCOc2ccccc2C(N)=S)cc1. The summed E-state index contributed by atoms with van der Waals surface area (Å²) in [6.07, 6.45) is 0. The zero-order valence-corrected chi connectivity index (χ0v) is 13.7. The summed E-state index contributed by atoms with van der Waals surface area (Å²) in [6, 6.07) is 15.6. The Hall–Kier alpha value is -2.07. The highest BCUT2D eigenvalue weighted by Crippen LogP contribution is 2.19. The van der Waals surface area contributed by atoms with E-state index in [0.29, 0.717) is 29.9 Å². The van der Waals surface area contributed by atoms with Gasteiger partial charge in [-0.1, -0.05) is 50.3 Å². The monoisotopic (exact) mass is 315 g/mol. The lowest BCUT2D eigenvalue weighted by atomic mass is 10.0. The van der Waals surface area contributed by atoms with Crippen molar-refractivity contribution in [2.45, 2.75) is 19.8 Å². The maximum Gasteiger partial charge on any atom is 0.129 e. The van der Waals surface area contributed by atoms with Crippen LogP contribution < -0.4 is 15.2 Å². The third kappa shape index (κ3) is 4.46. The molecule has 0 bridgehead atoms. The van der Waals surface area contributed by atoms with Crippen molar-refractivity contribution in [2.75, 3.05) is 13.2 Å². The smallest absolute Gasteiger partial charge is 0.129 e. The minimum absolute atomic E-state index is 0.334. The molecule has 0 spiro atoms. The van der Waals surface area contributed by atoms with Crippen LogP contribution in [-0.2, 0) is 0 Å². The van der Waals surface area contributed by atoms with E-state index in [4.69, 9.17) is 27.4 Å². The molecule has 22 heavy (non-hydrogen) atoms. The van der Waals surface area contributed by atoms with E-state index in [1.54, 1.807) is 0 Å². The maximum absolute atomic E-state index is 5.69. The number of rotatable bonds is 7. The van der Waals surface area contributed by atoms with Crippen LogP contribution >= 0.6 is 12.2 Å². The highest BCUT2D eigenvalue weighted by Gasteiger charge is 2.05. The molecule has 0 atom stereocenters. The first kappa shape index (κ1) is 16.3. The second-order valence-electron chi connectivity index (χ2n) is 5.28. The fourth-order valence-corrected chi connectivity index (χ4v) is 2.22. The molecule has 0 saturated heterocycles. The molecule has 2 aromatic carbocycles. The van der Waals surface area contributed by atoms with Crippen LogP contribution in [0.2, 0.25) is 0 Å². The first-order chi connectivity index (χ1) is 10.6. The van der Waals surface area contributed by atoms with Crippen molar-refractivity contribution >= 4 is 17.2 Å². The van der Waals surface area contributed by atoms with Gasteiger partial charge in [0.2, 0.25) is 0 Å². The number of para-hydroxylation sites is 1. The van der Waals surface area contributed by atoms with E-state index in [9.17, 15) is 0 Å². The van der Waals surface area contributed by atoms with Crippen molar-refractivity contribution in [1.29, 1.82) is 0 Å². The van der Waals surface area contributed by atoms with Crippen LogP contribution in [0.3, 0.4) is 0 Å². The van der Waals surface area contributed by atoms with E-state index in [-0.39, 0.29) is 0 Å². The molecule has 0 fully saturated rings. The van der Waals surface area contributed by atoms with Crippen LogP contribution in [0.15, 0.2) is 48.5 Å². The number of ether oxygens (including phenoxy) is 2. The van der Waals surface area contributed by atoms with Gasteiger partial charge in [-0.15, -0.1) is 0 Å². The molecule has 0 amide bonds. The van der Waals surface area contributed by atoms with Gasteiger partial charge in [0.25, 0.3) is 0 Å². The molecule has 2 aromatic rings. The Labute approximate surface area is 137 Å². The quantitative estimate of drug-likeness (QED) is 0.621. The summed E-state index contributed by atoms with van der Waals surface area (Å²) in [5, 5.41) is 0. The van der Waals surface area contributed by atoms with Gasteiger partial charge >= 0.3 is 0 Å². The highest BCUT2D eigenvalue weighted by molar-refractivity contribution is 7.80. The molecule has 0 heterocycles. The van der Waals surface area contributed by atoms with Gasteiger partial charge in [0.15, 0.2) is 0 Å². The summed E-state index contributed by atoms with van der Waals surface area (Å²) < 4.78 is 11.4.